The maximum absolute atomic E-state index is 12.5. The normalized spacial score (nSPS) is 12.3. The maximum Gasteiger partial charge on any atom is 0.241 e. The zero-order valence-corrected chi connectivity index (χ0v) is 14.9. The van der Waals surface area contributed by atoms with Gasteiger partial charge in [-0.25, -0.2) is 0 Å². The Morgan fingerprint density at radius 1 is 1.13 bits per heavy atom. The number of rotatable bonds is 5. The van der Waals surface area contributed by atoms with Gasteiger partial charge in [0.05, 0.1) is 6.04 Å². The first-order valence-corrected chi connectivity index (χ1v) is 8.15. The lowest BCUT2D eigenvalue weighted by atomic mass is 10.1. The molecule has 0 fully saturated rings. The molecule has 3 nitrogen and oxygen atoms in total. The molecule has 5 heteroatoms. The smallest absolute Gasteiger partial charge is 0.241 e. The number of hydrogen-bond donors (Lipinski definition) is 1. The fourth-order valence-corrected chi connectivity index (χ4v) is 2.58. The Morgan fingerprint density at radius 3 is 2.48 bits per heavy atom. The topological polar surface area (TPSA) is 32.3 Å². The average Bonchev–Trinajstić information content (AvgIpc) is 2.53. The van der Waals surface area contributed by atoms with E-state index in [4.69, 9.17) is 23.2 Å². The van der Waals surface area contributed by atoms with Crippen LogP contribution in [0.2, 0.25) is 10.0 Å². The zero-order chi connectivity index (χ0) is 17.0. The third-order valence-electron chi connectivity index (χ3n) is 3.94. The Kier molecular flexibility index (Phi) is 6.05. The van der Waals surface area contributed by atoms with Crippen molar-refractivity contribution in [1.82, 2.24) is 4.90 Å². The van der Waals surface area contributed by atoms with E-state index in [2.05, 4.69) is 5.32 Å². The van der Waals surface area contributed by atoms with Crippen molar-refractivity contribution in [2.45, 2.75) is 26.4 Å². The van der Waals surface area contributed by atoms with Gasteiger partial charge in [0.1, 0.15) is 0 Å². The lowest BCUT2D eigenvalue weighted by molar-refractivity contribution is -0.120. The van der Waals surface area contributed by atoms with Gasteiger partial charge in [-0.3, -0.25) is 9.69 Å². The molecule has 2 aromatic carbocycles. The molecule has 122 valence electrons. The Bertz CT molecular complexity index is 703. The van der Waals surface area contributed by atoms with E-state index in [-0.39, 0.29) is 11.9 Å². The van der Waals surface area contributed by atoms with Gasteiger partial charge in [0.2, 0.25) is 5.91 Å². The average molecular weight is 351 g/mol. The van der Waals surface area contributed by atoms with E-state index >= 15 is 0 Å². The molecule has 23 heavy (non-hydrogen) atoms. The van der Waals surface area contributed by atoms with Crippen LogP contribution in [-0.2, 0) is 11.3 Å². The highest BCUT2D eigenvalue weighted by Gasteiger charge is 2.19. The Hall–Kier alpha value is -1.55. The highest BCUT2D eigenvalue weighted by atomic mass is 35.5. The van der Waals surface area contributed by atoms with E-state index in [1.807, 2.05) is 62.2 Å². The number of likely N-dealkylation sites (N-methyl/N-ethyl adjacent to an activating group) is 1. The minimum atomic E-state index is -0.301. The highest BCUT2D eigenvalue weighted by Crippen LogP contribution is 2.23. The van der Waals surface area contributed by atoms with E-state index in [0.717, 1.165) is 16.8 Å². The molecule has 0 heterocycles. The fourth-order valence-electron chi connectivity index (χ4n) is 2.21. The van der Waals surface area contributed by atoms with Crippen molar-refractivity contribution in [2.75, 3.05) is 12.4 Å². The van der Waals surface area contributed by atoms with Crippen LogP contribution >= 0.6 is 23.2 Å². The number of amides is 1. The van der Waals surface area contributed by atoms with Gasteiger partial charge in [0.25, 0.3) is 0 Å². The van der Waals surface area contributed by atoms with Crippen LogP contribution in [0.15, 0.2) is 42.5 Å². The van der Waals surface area contributed by atoms with Crippen LogP contribution in [0, 0.1) is 6.92 Å². The number of carbonyl (C=O) groups excluding carboxylic acids is 1. The molecule has 1 atom stereocenters. The summed E-state index contributed by atoms with van der Waals surface area (Å²) in [6.07, 6.45) is 0. The summed E-state index contributed by atoms with van der Waals surface area (Å²) in [5.41, 5.74) is 2.60. The number of halogens is 2. The number of hydrogen-bond acceptors (Lipinski definition) is 2. The number of benzene rings is 2. The zero-order valence-electron chi connectivity index (χ0n) is 13.4. The van der Waals surface area contributed by atoms with Gasteiger partial charge in [-0.1, -0.05) is 47.5 Å². The van der Waals surface area contributed by atoms with E-state index < -0.39 is 0 Å². The van der Waals surface area contributed by atoms with Crippen LogP contribution in [0.3, 0.4) is 0 Å². The number of nitrogens with one attached hydrogen (secondary N) is 1. The molecule has 0 spiro atoms. The first-order valence-electron chi connectivity index (χ1n) is 7.39. The van der Waals surface area contributed by atoms with Crippen LogP contribution in [0.25, 0.3) is 0 Å². The van der Waals surface area contributed by atoms with Gasteiger partial charge < -0.3 is 5.32 Å². The molecule has 1 N–H and O–H groups in total. The van der Waals surface area contributed by atoms with Gasteiger partial charge in [0.15, 0.2) is 0 Å². The minimum absolute atomic E-state index is 0.0788. The molecule has 1 unspecified atom stereocenters. The van der Waals surface area contributed by atoms with Crippen LogP contribution in [0.5, 0.6) is 0 Å². The molecular weight excluding hydrogens is 331 g/mol. The summed E-state index contributed by atoms with van der Waals surface area (Å²) >= 11 is 12.3. The molecule has 0 aliphatic rings. The van der Waals surface area contributed by atoms with Crippen molar-refractivity contribution in [3.8, 4) is 0 Å². The number of anilines is 1. The predicted octanol–water partition coefficient (Wildman–Crippen LogP) is 4.76. The molecule has 0 aliphatic heterocycles. The van der Waals surface area contributed by atoms with E-state index in [0.29, 0.717) is 16.6 Å². The third kappa shape index (κ3) is 4.47. The van der Waals surface area contributed by atoms with E-state index in [1.54, 1.807) is 6.07 Å². The van der Waals surface area contributed by atoms with Gasteiger partial charge in [-0.15, -0.1) is 0 Å². The van der Waals surface area contributed by atoms with E-state index in [1.165, 1.54) is 0 Å². The van der Waals surface area contributed by atoms with E-state index in [9.17, 15) is 4.79 Å². The quantitative estimate of drug-likeness (QED) is 0.842. The van der Waals surface area contributed by atoms with Crippen LogP contribution in [0.4, 0.5) is 5.69 Å². The lowest BCUT2D eigenvalue weighted by Crippen LogP contribution is -2.39. The fraction of sp³-hybridized carbons (Fsp3) is 0.278. The second-order valence-electron chi connectivity index (χ2n) is 5.58. The maximum atomic E-state index is 12.5. The second kappa shape index (κ2) is 7.82. The molecule has 0 saturated carbocycles. The molecular formula is C18H20Cl2N2O. The lowest BCUT2D eigenvalue weighted by Gasteiger charge is -2.24. The molecule has 0 bridgehead atoms. The van der Waals surface area contributed by atoms with Gasteiger partial charge in [-0.05, 0) is 50.2 Å². The molecule has 2 rings (SSSR count). The molecule has 2 aromatic rings. The Morgan fingerprint density at radius 2 is 1.78 bits per heavy atom. The molecule has 0 radical (unpaired) electrons. The van der Waals surface area contributed by atoms with Crippen molar-refractivity contribution >= 4 is 34.8 Å². The van der Waals surface area contributed by atoms with Crippen LogP contribution in [0.1, 0.15) is 18.1 Å². The first kappa shape index (κ1) is 17.8. The summed E-state index contributed by atoms with van der Waals surface area (Å²) in [5.74, 6) is -0.0788. The van der Waals surface area contributed by atoms with Crippen molar-refractivity contribution in [3.05, 3.63) is 63.6 Å². The molecule has 0 aliphatic carbocycles. The first-order chi connectivity index (χ1) is 10.9. The summed E-state index contributed by atoms with van der Waals surface area (Å²) in [7, 11) is 1.90. The van der Waals surface area contributed by atoms with Crippen LogP contribution < -0.4 is 5.32 Å². The Labute approximate surface area is 147 Å². The summed E-state index contributed by atoms with van der Waals surface area (Å²) in [5, 5.41) is 4.28. The monoisotopic (exact) mass is 350 g/mol. The summed E-state index contributed by atoms with van der Waals surface area (Å²) in [6.45, 7) is 4.35. The summed E-state index contributed by atoms with van der Waals surface area (Å²) in [6, 6.07) is 12.8. The number of nitrogens with zero attached hydrogens (tertiary/aromatic N) is 1. The molecule has 0 saturated heterocycles. The SMILES string of the molecule is Cc1c(Cl)cccc1NC(=O)C(C)N(C)Cc1ccccc1Cl. The van der Waals surface area contributed by atoms with Gasteiger partial charge in [0, 0.05) is 22.3 Å². The summed E-state index contributed by atoms with van der Waals surface area (Å²) < 4.78 is 0. The third-order valence-corrected chi connectivity index (χ3v) is 4.72. The van der Waals surface area contributed by atoms with Crippen LogP contribution in [-0.4, -0.2) is 23.9 Å². The largest absolute Gasteiger partial charge is 0.324 e. The van der Waals surface area contributed by atoms with Crippen molar-refractivity contribution in [2.24, 2.45) is 0 Å². The predicted molar refractivity (Wildman–Crippen MR) is 97.2 cm³/mol. The number of carbonyl (C=O) groups is 1. The molecule has 0 aromatic heterocycles. The molecule has 1 amide bonds. The highest BCUT2D eigenvalue weighted by molar-refractivity contribution is 6.32. The summed E-state index contributed by atoms with van der Waals surface area (Å²) in [4.78, 5) is 14.4. The van der Waals surface area contributed by atoms with Crippen molar-refractivity contribution in [1.29, 1.82) is 0 Å². The van der Waals surface area contributed by atoms with Crippen molar-refractivity contribution < 1.29 is 4.79 Å². The van der Waals surface area contributed by atoms with Gasteiger partial charge >= 0.3 is 0 Å². The Balaban J connectivity index is 2.04. The van der Waals surface area contributed by atoms with Crippen molar-refractivity contribution in [3.63, 3.8) is 0 Å². The minimum Gasteiger partial charge on any atom is -0.324 e. The standard InChI is InChI=1S/C18H20Cl2N2O/c1-12-15(19)9-6-10-17(12)21-18(23)13(2)22(3)11-14-7-4-5-8-16(14)20/h4-10,13H,11H2,1-3H3,(H,21,23). The van der Waals surface area contributed by atoms with Gasteiger partial charge in [-0.2, -0.15) is 0 Å². The second-order valence-corrected chi connectivity index (χ2v) is 6.40.